The average molecular weight is 242 g/mol. The van der Waals surface area contributed by atoms with Crippen molar-refractivity contribution in [3.63, 3.8) is 0 Å². The van der Waals surface area contributed by atoms with Crippen LogP contribution in [0, 0.1) is 17.8 Å². The van der Waals surface area contributed by atoms with E-state index in [-0.39, 0.29) is 23.7 Å². The van der Waals surface area contributed by atoms with Crippen molar-refractivity contribution < 1.29 is 14.7 Å². The van der Waals surface area contributed by atoms with Crippen molar-refractivity contribution in [3.05, 3.63) is 0 Å². The molecule has 5 heteroatoms. The molecule has 3 atom stereocenters. The molecule has 0 aliphatic heterocycles. The van der Waals surface area contributed by atoms with Gasteiger partial charge in [0.2, 0.25) is 5.91 Å². The highest BCUT2D eigenvalue weighted by molar-refractivity contribution is 5.85. The summed E-state index contributed by atoms with van der Waals surface area (Å²) in [4.78, 5) is 23.0. The fourth-order valence-corrected chi connectivity index (χ4v) is 2.44. The molecule has 1 fully saturated rings. The molecule has 0 aromatic heterocycles. The predicted octanol–water partition coefficient (Wildman–Crippen LogP) is 0.587. The van der Waals surface area contributed by atoms with E-state index in [1.807, 2.05) is 0 Å². The molecule has 1 aliphatic rings. The van der Waals surface area contributed by atoms with Gasteiger partial charge >= 0.3 is 5.97 Å². The van der Waals surface area contributed by atoms with E-state index in [0.717, 1.165) is 19.3 Å². The maximum Gasteiger partial charge on any atom is 0.326 e. The van der Waals surface area contributed by atoms with Gasteiger partial charge in [-0.3, -0.25) is 4.79 Å². The minimum atomic E-state index is -0.976. The summed E-state index contributed by atoms with van der Waals surface area (Å²) in [5, 5.41) is 11.6. The second kappa shape index (κ2) is 6.00. The van der Waals surface area contributed by atoms with Gasteiger partial charge in [-0.25, -0.2) is 4.79 Å². The van der Waals surface area contributed by atoms with Crippen LogP contribution in [0.15, 0.2) is 0 Å². The van der Waals surface area contributed by atoms with Crippen LogP contribution in [0.5, 0.6) is 0 Å². The lowest BCUT2D eigenvalue weighted by atomic mass is 9.94. The van der Waals surface area contributed by atoms with Gasteiger partial charge in [-0.2, -0.15) is 0 Å². The molecular weight excluding hydrogens is 220 g/mol. The van der Waals surface area contributed by atoms with Gasteiger partial charge in [0, 0.05) is 5.92 Å². The van der Waals surface area contributed by atoms with Crippen molar-refractivity contribution in [1.82, 2.24) is 5.32 Å². The zero-order valence-corrected chi connectivity index (χ0v) is 10.5. The zero-order chi connectivity index (χ0) is 13.0. The van der Waals surface area contributed by atoms with E-state index in [9.17, 15) is 9.59 Å². The SMILES string of the molecule is CC(C)[C@@H](NC(=O)C1CCCC1CN)C(=O)O. The van der Waals surface area contributed by atoms with Crippen molar-refractivity contribution in [2.45, 2.75) is 39.2 Å². The first-order valence-electron chi connectivity index (χ1n) is 6.20. The van der Waals surface area contributed by atoms with Crippen LogP contribution >= 0.6 is 0 Å². The summed E-state index contributed by atoms with van der Waals surface area (Å²) in [6, 6.07) is -0.804. The number of carbonyl (C=O) groups is 2. The van der Waals surface area contributed by atoms with Gasteiger partial charge in [0.05, 0.1) is 0 Å². The maximum atomic E-state index is 12.0. The third kappa shape index (κ3) is 3.43. The Morgan fingerprint density at radius 1 is 1.41 bits per heavy atom. The second-order valence-electron chi connectivity index (χ2n) is 5.10. The Morgan fingerprint density at radius 2 is 2.06 bits per heavy atom. The first-order valence-corrected chi connectivity index (χ1v) is 6.20. The molecule has 1 saturated carbocycles. The third-order valence-electron chi connectivity index (χ3n) is 3.53. The summed E-state index contributed by atoms with van der Waals surface area (Å²) in [6.45, 7) is 4.07. The molecule has 17 heavy (non-hydrogen) atoms. The summed E-state index contributed by atoms with van der Waals surface area (Å²) in [5.41, 5.74) is 5.62. The monoisotopic (exact) mass is 242 g/mol. The van der Waals surface area contributed by atoms with Crippen LogP contribution in [0.4, 0.5) is 0 Å². The molecule has 2 unspecified atom stereocenters. The number of aliphatic carboxylic acids is 1. The van der Waals surface area contributed by atoms with E-state index in [2.05, 4.69) is 5.32 Å². The van der Waals surface area contributed by atoms with Crippen molar-refractivity contribution in [2.24, 2.45) is 23.5 Å². The van der Waals surface area contributed by atoms with E-state index < -0.39 is 12.0 Å². The van der Waals surface area contributed by atoms with E-state index in [0.29, 0.717) is 6.54 Å². The Bertz CT molecular complexity index is 291. The topological polar surface area (TPSA) is 92.4 Å². The number of carboxylic acids is 1. The van der Waals surface area contributed by atoms with Gasteiger partial charge in [-0.1, -0.05) is 20.3 Å². The number of rotatable bonds is 5. The molecule has 1 aliphatic carbocycles. The first-order chi connectivity index (χ1) is 7.97. The zero-order valence-electron chi connectivity index (χ0n) is 10.5. The molecule has 5 nitrogen and oxygen atoms in total. The molecule has 0 bridgehead atoms. The second-order valence-corrected chi connectivity index (χ2v) is 5.10. The fraction of sp³-hybridized carbons (Fsp3) is 0.833. The molecular formula is C12H22N2O3. The number of hydrogen-bond donors (Lipinski definition) is 3. The third-order valence-corrected chi connectivity index (χ3v) is 3.53. The Morgan fingerprint density at radius 3 is 2.53 bits per heavy atom. The van der Waals surface area contributed by atoms with Gasteiger partial charge in [-0.05, 0) is 31.2 Å². The minimum absolute atomic E-state index is 0.111. The number of hydrogen-bond acceptors (Lipinski definition) is 3. The molecule has 98 valence electrons. The van der Waals surface area contributed by atoms with Gasteiger partial charge in [-0.15, -0.1) is 0 Å². The van der Waals surface area contributed by atoms with Crippen molar-refractivity contribution in [2.75, 3.05) is 6.54 Å². The van der Waals surface area contributed by atoms with Crippen LogP contribution in [0.2, 0.25) is 0 Å². The smallest absolute Gasteiger partial charge is 0.326 e. The number of nitrogens with one attached hydrogen (secondary N) is 1. The molecule has 0 aromatic carbocycles. The average Bonchev–Trinajstić information content (AvgIpc) is 2.72. The molecule has 0 spiro atoms. The van der Waals surface area contributed by atoms with Crippen LogP contribution in [0.3, 0.4) is 0 Å². The van der Waals surface area contributed by atoms with Crippen molar-refractivity contribution >= 4 is 11.9 Å². The molecule has 0 radical (unpaired) electrons. The van der Waals surface area contributed by atoms with Gasteiger partial charge in [0.25, 0.3) is 0 Å². The Balaban J connectivity index is 2.61. The van der Waals surface area contributed by atoms with E-state index in [4.69, 9.17) is 10.8 Å². The van der Waals surface area contributed by atoms with Gasteiger partial charge in [0.15, 0.2) is 0 Å². The Hall–Kier alpha value is -1.10. The lowest BCUT2D eigenvalue weighted by Crippen LogP contribution is -2.47. The van der Waals surface area contributed by atoms with Gasteiger partial charge < -0.3 is 16.2 Å². The highest BCUT2D eigenvalue weighted by Gasteiger charge is 2.34. The Labute approximate surface area is 102 Å². The first kappa shape index (κ1) is 14.0. The summed E-state index contributed by atoms with van der Waals surface area (Å²) in [6.07, 6.45) is 2.78. The lowest BCUT2D eigenvalue weighted by Gasteiger charge is -2.22. The maximum absolute atomic E-state index is 12.0. The largest absolute Gasteiger partial charge is 0.480 e. The molecule has 0 heterocycles. The summed E-state index contributed by atoms with van der Waals surface area (Å²) >= 11 is 0. The van der Waals surface area contributed by atoms with E-state index >= 15 is 0 Å². The number of nitrogens with two attached hydrogens (primary N) is 1. The molecule has 4 N–H and O–H groups in total. The number of amides is 1. The summed E-state index contributed by atoms with van der Waals surface area (Å²) < 4.78 is 0. The minimum Gasteiger partial charge on any atom is -0.480 e. The molecule has 0 saturated heterocycles. The van der Waals surface area contributed by atoms with Crippen LogP contribution in [-0.2, 0) is 9.59 Å². The standard InChI is InChI=1S/C12H22N2O3/c1-7(2)10(12(16)17)14-11(15)9-5-3-4-8(9)6-13/h7-10H,3-6,13H2,1-2H3,(H,14,15)(H,16,17)/t8?,9?,10-/m1/s1. The van der Waals surface area contributed by atoms with Gasteiger partial charge in [0.1, 0.15) is 6.04 Å². The highest BCUT2D eigenvalue weighted by atomic mass is 16.4. The predicted molar refractivity (Wildman–Crippen MR) is 64.3 cm³/mol. The van der Waals surface area contributed by atoms with Crippen molar-refractivity contribution in [1.29, 1.82) is 0 Å². The molecule has 1 amide bonds. The van der Waals surface area contributed by atoms with E-state index in [1.54, 1.807) is 13.8 Å². The van der Waals surface area contributed by atoms with Crippen LogP contribution < -0.4 is 11.1 Å². The highest BCUT2D eigenvalue weighted by Crippen LogP contribution is 2.31. The van der Waals surface area contributed by atoms with Crippen LogP contribution in [0.25, 0.3) is 0 Å². The Kier molecular flexibility index (Phi) is 4.93. The van der Waals surface area contributed by atoms with E-state index in [1.165, 1.54) is 0 Å². The normalized spacial score (nSPS) is 25.9. The number of carboxylic acid groups (broad SMARTS) is 1. The molecule has 1 rings (SSSR count). The summed E-state index contributed by atoms with van der Waals surface area (Å²) in [5.74, 6) is -1.15. The van der Waals surface area contributed by atoms with Crippen LogP contribution in [0.1, 0.15) is 33.1 Å². The fourth-order valence-electron chi connectivity index (χ4n) is 2.44. The lowest BCUT2D eigenvalue weighted by molar-refractivity contribution is -0.144. The molecule has 0 aromatic rings. The van der Waals surface area contributed by atoms with Crippen LogP contribution in [-0.4, -0.2) is 29.6 Å². The quantitative estimate of drug-likeness (QED) is 0.657. The van der Waals surface area contributed by atoms with Crippen molar-refractivity contribution in [3.8, 4) is 0 Å². The number of carbonyl (C=O) groups excluding carboxylic acids is 1. The summed E-state index contributed by atoms with van der Waals surface area (Å²) in [7, 11) is 0.